The van der Waals surface area contributed by atoms with Crippen LogP contribution in [0.2, 0.25) is 0 Å². The number of β-amino-alcohol motifs (C(OH)–C–C–N with tert-alkyl or cyclic N) is 1. The fourth-order valence-corrected chi connectivity index (χ4v) is 2.98. The zero-order valence-electron chi connectivity index (χ0n) is 10.5. The first-order valence-corrected chi connectivity index (χ1v) is 6.37. The van der Waals surface area contributed by atoms with E-state index >= 15 is 0 Å². The third kappa shape index (κ3) is 2.04. The van der Waals surface area contributed by atoms with Crippen LogP contribution in [0.25, 0.3) is 0 Å². The lowest BCUT2D eigenvalue weighted by Crippen LogP contribution is -2.54. The van der Waals surface area contributed by atoms with Crippen molar-refractivity contribution in [3.8, 4) is 6.07 Å². The van der Waals surface area contributed by atoms with Gasteiger partial charge in [0, 0.05) is 13.1 Å². The van der Waals surface area contributed by atoms with Crippen molar-refractivity contribution in [3.05, 3.63) is 0 Å². The minimum Gasteiger partial charge on any atom is -0.391 e. The van der Waals surface area contributed by atoms with E-state index in [-0.39, 0.29) is 11.8 Å². The van der Waals surface area contributed by atoms with Crippen LogP contribution in [0, 0.1) is 28.6 Å². The maximum atomic E-state index is 12.3. The van der Waals surface area contributed by atoms with Gasteiger partial charge in [-0.05, 0) is 31.1 Å². The van der Waals surface area contributed by atoms with Gasteiger partial charge in [0.15, 0.2) is 0 Å². The molecule has 0 radical (unpaired) electrons. The Hall–Kier alpha value is -1.08. The predicted octanol–water partition coefficient (Wildman–Crippen LogP) is 1.16. The van der Waals surface area contributed by atoms with E-state index in [1.54, 1.807) is 4.90 Å². The van der Waals surface area contributed by atoms with Crippen molar-refractivity contribution >= 4 is 5.91 Å². The van der Waals surface area contributed by atoms with Crippen molar-refractivity contribution in [2.75, 3.05) is 13.1 Å². The van der Waals surface area contributed by atoms with Crippen molar-refractivity contribution < 1.29 is 9.90 Å². The maximum absolute atomic E-state index is 12.3. The average molecular weight is 236 g/mol. The Morgan fingerprint density at radius 1 is 1.47 bits per heavy atom. The van der Waals surface area contributed by atoms with Crippen molar-refractivity contribution in [2.45, 2.75) is 39.2 Å². The van der Waals surface area contributed by atoms with Gasteiger partial charge in [0.1, 0.15) is 5.41 Å². The Morgan fingerprint density at radius 3 is 2.59 bits per heavy atom. The van der Waals surface area contributed by atoms with E-state index in [9.17, 15) is 15.2 Å². The number of nitriles is 1. The lowest BCUT2D eigenvalue weighted by atomic mass is 9.62. The molecule has 1 heterocycles. The van der Waals surface area contributed by atoms with E-state index in [1.807, 2.05) is 6.92 Å². The average Bonchev–Trinajstić information content (AvgIpc) is 2.27. The highest BCUT2D eigenvalue weighted by Crippen LogP contribution is 2.46. The summed E-state index contributed by atoms with van der Waals surface area (Å²) < 4.78 is 0. The molecule has 17 heavy (non-hydrogen) atoms. The monoisotopic (exact) mass is 236 g/mol. The summed E-state index contributed by atoms with van der Waals surface area (Å²) in [6.07, 6.45) is 1.72. The summed E-state index contributed by atoms with van der Waals surface area (Å²) in [5.41, 5.74) is -0.792. The summed E-state index contributed by atoms with van der Waals surface area (Å²) in [4.78, 5) is 14.0. The highest BCUT2D eigenvalue weighted by Gasteiger charge is 2.51. The van der Waals surface area contributed by atoms with Crippen molar-refractivity contribution in [1.82, 2.24) is 4.90 Å². The van der Waals surface area contributed by atoms with Crippen molar-refractivity contribution in [1.29, 1.82) is 5.26 Å². The third-order valence-corrected chi connectivity index (χ3v) is 4.22. The van der Waals surface area contributed by atoms with Crippen LogP contribution >= 0.6 is 0 Å². The molecule has 1 amide bonds. The molecule has 0 aromatic carbocycles. The number of amides is 1. The Labute approximate surface area is 102 Å². The van der Waals surface area contributed by atoms with Crippen LogP contribution in [-0.4, -0.2) is 35.1 Å². The minimum absolute atomic E-state index is 0.0657. The molecule has 2 unspecified atom stereocenters. The van der Waals surface area contributed by atoms with Gasteiger partial charge in [-0.25, -0.2) is 0 Å². The molecular formula is C13H20N2O2. The van der Waals surface area contributed by atoms with Gasteiger partial charge in [-0.2, -0.15) is 5.26 Å². The van der Waals surface area contributed by atoms with Gasteiger partial charge >= 0.3 is 0 Å². The lowest BCUT2D eigenvalue weighted by Gasteiger charge is -2.44. The molecule has 0 aromatic rings. The summed E-state index contributed by atoms with van der Waals surface area (Å²) in [5, 5.41) is 19.0. The molecule has 1 N–H and O–H groups in total. The number of hydrogen-bond acceptors (Lipinski definition) is 3. The normalized spacial score (nSPS) is 41.5. The lowest BCUT2D eigenvalue weighted by molar-refractivity contribution is -0.149. The molecule has 0 bridgehead atoms. The number of aliphatic hydroxyl groups excluding tert-OH is 1. The zero-order valence-corrected chi connectivity index (χ0v) is 10.5. The standard InChI is InChI=1S/C13H20N2O2/c1-9-5-13(6-9,8-14)12(17)15-4-3-10(2)11(16)7-15/h9-11,16H,3-7H2,1-2H3. The third-order valence-electron chi connectivity index (χ3n) is 4.22. The van der Waals surface area contributed by atoms with Crippen LogP contribution in [0.15, 0.2) is 0 Å². The number of hydrogen-bond donors (Lipinski definition) is 1. The first-order valence-electron chi connectivity index (χ1n) is 6.37. The van der Waals surface area contributed by atoms with Crippen LogP contribution in [-0.2, 0) is 4.79 Å². The molecule has 2 fully saturated rings. The molecule has 1 saturated heterocycles. The molecule has 1 saturated carbocycles. The second kappa shape index (κ2) is 4.30. The molecule has 2 aliphatic rings. The van der Waals surface area contributed by atoms with E-state index in [4.69, 9.17) is 0 Å². The van der Waals surface area contributed by atoms with Gasteiger partial charge in [0.05, 0.1) is 12.2 Å². The van der Waals surface area contributed by atoms with Crippen LogP contribution in [0.1, 0.15) is 33.1 Å². The van der Waals surface area contributed by atoms with Crippen molar-refractivity contribution in [3.63, 3.8) is 0 Å². The molecule has 4 heteroatoms. The highest BCUT2D eigenvalue weighted by atomic mass is 16.3. The Bertz CT molecular complexity index is 355. The Balaban J connectivity index is 2.04. The minimum atomic E-state index is -0.792. The Morgan fingerprint density at radius 2 is 2.12 bits per heavy atom. The Kier molecular flexibility index (Phi) is 3.13. The van der Waals surface area contributed by atoms with Crippen LogP contribution < -0.4 is 0 Å². The van der Waals surface area contributed by atoms with Gasteiger partial charge in [0.2, 0.25) is 5.91 Å². The molecule has 2 rings (SSSR count). The molecular weight excluding hydrogens is 216 g/mol. The van der Waals surface area contributed by atoms with Gasteiger partial charge in [0.25, 0.3) is 0 Å². The number of rotatable bonds is 1. The zero-order chi connectivity index (χ0) is 12.6. The van der Waals surface area contributed by atoms with E-state index in [1.165, 1.54) is 0 Å². The summed E-state index contributed by atoms with van der Waals surface area (Å²) in [6, 6.07) is 2.20. The van der Waals surface area contributed by atoms with E-state index in [0.29, 0.717) is 31.8 Å². The molecule has 1 aliphatic carbocycles. The van der Waals surface area contributed by atoms with Crippen LogP contribution in [0.4, 0.5) is 0 Å². The predicted molar refractivity (Wildman–Crippen MR) is 62.8 cm³/mol. The summed E-state index contributed by atoms with van der Waals surface area (Å²) in [7, 11) is 0. The number of carbonyl (C=O) groups is 1. The fraction of sp³-hybridized carbons (Fsp3) is 0.846. The topological polar surface area (TPSA) is 64.3 Å². The molecule has 0 spiro atoms. The smallest absolute Gasteiger partial charge is 0.243 e. The van der Waals surface area contributed by atoms with Gasteiger partial charge in [-0.3, -0.25) is 4.79 Å². The van der Waals surface area contributed by atoms with E-state index in [0.717, 1.165) is 6.42 Å². The second-order valence-electron chi connectivity index (χ2n) is 5.79. The molecule has 0 aromatic heterocycles. The first-order chi connectivity index (χ1) is 7.98. The second-order valence-corrected chi connectivity index (χ2v) is 5.79. The fourth-order valence-electron chi connectivity index (χ4n) is 2.98. The van der Waals surface area contributed by atoms with Crippen molar-refractivity contribution in [2.24, 2.45) is 17.3 Å². The number of likely N-dealkylation sites (tertiary alicyclic amines) is 1. The van der Waals surface area contributed by atoms with E-state index < -0.39 is 11.5 Å². The highest BCUT2D eigenvalue weighted by molar-refractivity contribution is 5.86. The number of carbonyl (C=O) groups excluding carboxylic acids is 1. The largest absolute Gasteiger partial charge is 0.391 e. The summed E-state index contributed by atoms with van der Waals surface area (Å²) in [5.74, 6) is 0.647. The van der Waals surface area contributed by atoms with E-state index in [2.05, 4.69) is 13.0 Å². The van der Waals surface area contributed by atoms with Gasteiger partial charge in [-0.1, -0.05) is 13.8 Å². The maximum Gasteiger partial charge on any atom is 0.243 e. The van der Waals surface area contributed by atoms with Gasteiger partial charge in [-0.15, -0.1) is 0 Å². The molecule has 2 atom stereocenters. The molecule has 1 aliphatic heterocycles. The quantitative estimate of drug-likeness (QED) is 0.743. The first kappa shape index (κ1) is 12.4. The number of piperidine rings is 1. The SMILES string of the molecule is CC1CC(C#N)(C(=O)N2CCC(C)C(O)C2)C1. The van der Waals surface area contributed by atoms with Crippen LogP contribution in [0.3, 0.4) is 0 Å². The number of aliphatic hydroxyl groups is 1. The molecule has 4 nitrogen and oxygen atoms in total. The summed E-state index contributed by atoms with van der Waals surface area (Å²) in [6.45, 7) is 5.13. The van der Waals surface area contributed by atoms with Crippen LogP contribution in [0.5, 0.6) is 0 Å². The van der Waals surface area contributed by atoms with Gasteiger partial charge < -0.3 is 10.0 Å². The molecule has 94 valence electrons. The number of nitrogens with zero attached hydrogens (tertiary/aromatic N) is 2. The summed E-state index contributed by atoms with van der Waals surface area (Å²) >= 11 is 0.